The van der Waals surface area contributed by atoms with Gasteiger partial charge in [-0.05, 0) is 31.0 Å². The monoisotopic (exact) mass is 283 g/mol. The van der Waals surface area contributed by atoms with E-state index in [2.05, 4.69) is 17.0 Å². The van der Waals surface area contributed by atoms with Crippen molar-refractivity contribution in [3.8, 4) is 5.75 Å². The summed E-state index contributed by atoms with van der Waals surface area (Å²) in [4.78, 5) is 2.26. The summed E-state index contributed by atoms with van der Waals surface area (Å²) in [5.74, 6) is 0.913. The number of hydrogen-bond donors (Lipinski definition) is 1. The minimum Gasteiger partial charge on any atom is -0.491 e. The number of hydrogen-bond acceptors (Lipinski definition) is 3. The second-order valence-corrected chi connectivity index (χ2v) is 5.30. The molecule has 110 valence electrons. The van der Waals surface area contributed by atoms with Gasteiger partial charge in [-0.15, -0.1) is 0 Å². The van der Waals surface area contributed by atoms with Gasteiger partial charge < -0.3 is 14.7 Å². The summed E-state index contributed by atoms with van der Waals surface area (Å²) in [6.45, 7) is 3.62. The lowest BCUT2D eigenvalue weighted by molar-refractivity contribution is 0.174. The van der Waals surface area contributed by atoms with Crippen molar-refractivity contribution in [1.29, 1.82) is 0 Å². The zero-order valence-electron chi connectivity index (χ0n) is 12.3. The lowest BCUT2D eigenvalue weighted by Crippen LogP contribution is -2.20. The van der Waals surface area contributed by atoms with Crippen molar-refractivity contribution in [2.24, 2.45) is 0 Å². The van der Waals surface area contributed by atoms with Crippen LogP contribution in [0.5, 0.6) is 5.75 Å². The van der Waals surface area contributed by atoms with Gasteiger partial charge in [-0.3, -0.25) is 0 Å². The van der Waals surface area contributed by atoms with E-state index in [0.717, 1.165) is 42.3 Å². The maximum absolute atomic E-state index is 10.3. The summed E-state index contributed by atoms with van der Waals surface area (Å²) in [5, 5.41) is 10.3. The van der Waals surface area contributed by atoms with Crippen LogP contribution in [-0.2, 0) is 0 Å². The Hall–Kier alpha value is -2.00. The summed E-state index contributed by atoms with van der Waals surface area (Å²) in [5.41, 5.74) is 3.13. The van der Waals surface area contributed by atoms with Crippen molar-refractivity contribution in [3.63, 3.8) is 0 Å². The van der Waals surface area contributed by atoms with Gasteiger partial charge in [-0.2, -0.15) is 0 Å². The number of rotatable bonds is 3. The van der Waals surface area contributed by atoms with Crippen molar-refractivity contribution in [1.82, 2.24) is 0 Å². The van der Waals surface area contributed by atoms with E-state index in [-0.39, 0.29) is 0 Å². The van der Waals surface area contributed by atoms with Crippen LogP contribution in [0, 0.1) is 0 Å². The quantitative estimate of drug-likeness (QED) is 0.922. The summed E-state index contributed by atoms with van der Waals surface area (Å²) < 4.78 is 5.82. The van der Waals surface area contributed by atoms with Gasteiger partial charge >= 0.3 is 0 Å². The SMILES string of the molecule is CCC(O)c1ccccc1N1CCCOc2ccccc21. The third-order valence-electron chi connectivity index (χ3n) is 3.91. The molecule has 0 saturated carbocycles. The van der Waals surface area contributed by atoms with E-state index in [1.54, 1.807) is 0 Å². The Labute approximate surface area is 125 Å². The molecule has 21 heavy (non-hydrogen) atoms. The van der Waals surface area contributed by atoms with Crippen LogP contribution in [-0.4, -0.2) is 18.3 Å². The predicted octanol–water partition coefficient (Wildman–Crippen LogP) is 4.05. The Morgan fingerprint density at radius 2 is 1.81 bits per heavy atom. The molecule has 1 atom stereocenters. The first kappa shape index (κ1) is 14.0. The van der Waals surface area contributed by atoms with Gasteiger partial charge in [-0.1, -0.05) is 37.3 Å². The predicted molar refractivity (Wildman–Crippen MR) is 85.3 cm³/mol. The summed E-state index contributed by atoms with van der Waals surface area (Å²) in [6, 6.07) is 16.2. The van der Waals surface area contributed by atoms with Gasteiger partial charge in [0.2, 0.25) is 0 Å². The number of ether oxygens (including phenoxy) is 1. The van der Waals surface area contributed by atoms with E-state index in [0.29, 0.717) is 6.42 Å². The molecule has 0 fully saturated rings. The number of benzene rings is 2. The van der Waals surface area contributed by atoms with Crippen molar-refractivity contribution in [2.75, 3.05) is 18.1 Å². The molecule has 0 bridgehead atoms. The van der Waals surface area contributed by atoms with Crippen molar-refractivity contribution < 1.29 is 9.84 Å². The number of anilines is 2. The molecular weight excluding hydrogens is 262 g/mol. The van der Waals surface area contributed by atoms with Gasteiger partial charge in [-0.25, -0.2) is 0 Å². The fraction of sp³-hybridized carbons (Fsp3) is 0.333. The molecule has 0 aromatic heterocycles. The third-order valence-corrected chi connectivity index (χ3v) is 3.91. The van der Waals surface area contributed by atoms with Crippen molar-refractivity contribution >= 4 is 11.4 Å². The molecular formula is C18H21NO2. The van der Waals surface area contributed by atoms with Gasteiger partial charge in [0.1, 0.15) is 5.75 Å². The first-order chi connectivity index (χ1) is 10.3. The summed E-state index contributed by atoms with van der Waals surface area (Å²) >= 11 is 0. The maximum atomic E-state index is 10.3. The lowest BCUT2D eigenvalue weighted by Gasteiger charge is -2.27. The average Bonchev–Trinajstić information content (AvgIpc) is 2.76. The number of fused-ring (bicyclic) bond motifs is 1. The van der Waals surface area contributed by atoms with Crippen LogP contribution in [0.25, 0.3) is 0 Å². The smallest absolute Gasteiger partial charge is 0.142 e. The Kier molecular flexibility index (Phi) is 4.11. The maximum Gasteiger partial charge on any atom is 0.142 e. The van der Waals surface area contributed by atoms with Crippen LogP contribution in [0.2, 0.25) is 0 Å². The van der Waals surface area contributed by atoms with E-state index in [9.17, 15) is 5.11 Å². The van der Waals surface area contributed by atoms with Crippen LogP contribution >= 0.6 is 0 Å². The van der Waals surface area contributed by atoms with E-state index < -0.39 is 6.10 Å². The number of aliphatic hydroxyl groups is 1. The van der Waals surface area contributed by atoms with E-state index in [4.69, 9.17) is 4.74 Å². The fourth-order valence-electron chi connectivity index (χ4n) is 2.81. The highest BCUT2D eigenvalue weighted by atomic mass is 16.5. The molecule has 0 saturated heterocycles. The van der Waals surface area contributed by atoms with Crippen molar-refractivity contribution in [2.45, 2.75) is 25.9 Å². The molecule has 3 heteroatoms. The van der Waals surface area contributed by atoms with E-state index in [1.807, 2.05) is 43.3 Å². The lowest BCUT2D eigenvalue weighted by atomic mass is 10.0. The minimum atomic E-state index is -0.433. The highest BCUT2D eigenvalue weighted by Gasteiger charge is 2.21. The topological polar surface area (TPSA) is 32.7 Å². The molecule has 1 unspecified atom stereocenters. The van der Waals surface area contributed by atoms with Gasteiger partial charge in [0.15, 0.2) is 0 Å². The van der Waals surface area contributed by atoms with Crippen LogP contribution in [0.3, 0.4) is 0 Å². The molecule has 3 rings (SSSR count). The Morgan fingerprint density at radius 3 is 2.62 bits per heavy atom. The average molecular weight is 283 g/mol. The highest BCUT2D eigenvalue weighted by molar-refractivity contribution is 5.72. The van der Waals surface area contributed by atoms with Crippen LogP contribution in [0.15, 0.2) is 48.5 Å². The van der Waals surface area contributed by atoms with E-state index in [1.165, 1.54) is 0 Å². The highest BCUT2D eigenvalue weighted by Crippen LogP contribution is 2.39. The molecule has 1 N–H and O–H groups in total. The normalized spacial score (nSPS) is 15.8. The summed E-state index contributed by atoms with van der Waals surface area (Å²) in [6.07, 6.45) is 1.24. The first-order valence-electron chi connectivity index (χ1n) is 7.57. The molecule has 0 spiro atoms. The largest absolute Gasteiger partial charge is 0.491 e. The molecule has 1 heterocycles. The molecule has 3 nitrogen and oxygen atoms in total. The molecule has 0 radical (unpaired) electrons. The molecule has 1 aliphatic heterocycles. The van der Waals surface area contributed by atoms with E-state index >= 15 is 0 Å². The fourth-order valence-corrected chi connectivity index (χ4v) is 2.81. The Morgan fingerprint density at radius 1 is 1.10 bits per heavy atom. The molecule has 2 aromatic carbocycles. The van der Waals surface area contributed by atoms with Gasteiger partial charge in [0.05, 0.1) is 18.4 Å². The number of nitrogens with zero attached hydrogens (tertiary/aromatic N) is 1. The molecule has 0 aliphatic carbocycles. The molecule has 2 aromatic rings. The second-order valence-electron chi connectivity index (χ2n) is 5.30. The molecule has 1 aliphatic rings. The summed E-state index contributed by atoms with van der Waals surface area (Å²) in [7, 11) is 0. The van der Waals surface area contributed by atoms with Crippen molar-refractivity contribution in [3.05, 3.63) is 54.1 Å². The van der Waals surface area contributed by atoms with Crippen LogP contribution in [0.4, 0.5) is 11.4 Å². The minimum absolute atomic E-state index is 0.433. The zero-order valence-corrected chi connectivity index (χ0v) is 12.3. The number of para-hydroxylation sites is 3. The second kappa shape index (κ2) is 6.19. The Bertz CT molecular complexity index is 612. The first-order valence-corrected chi connectivity index (χ1v) is 7.57. The van der Waals surface area contributed by atoms with Gasteiger partial charge in [0.25, 0.3) is 0 Å². The third kappa shape index (κ3) is 2.74. The van der Waals surface area contributed by atoms with Crippen LogP contribution < -0.4 is 9.64 Å². The zero-order chi connectivity index (χ0) is 14.7. The molecule has 0 amide bonds. The number of aliphatic hydroxyl groups excluding tert-OH is 1. The van der Waals surface area contributed by atoms with Gasteiger partial charge in [0, 0.05) is 17.8 Å². The standard InChI is InChI=1S/C18H21NO2/c1-2-17(20)14-8-3-4-9-15(14)19-12-7-13-21-18-11-6-5-10-16(18)19/h3-6,8-11,17,20H,2,7,12-13H2,1H3. The van der Waals surface area contributed by atoms with Crippen LogP contribution in [0.1, 0.15) is 31.4 Å². The Balaban J connectivity index is 2.08.